The summed E-state index contributed by atoms with van der Waals surface area (Å²) in [7, 11) is 4.81. The molecule has 0 aromatic heterocycles. The van der Waals surface area contributed by atoms with Crippen molar-refractivity contribution in [2.75, 3.05) is 51.2 Å². The average Bonchev–Trinajstić information content (AvgIpc) is 3.21. The smallest absolute Gasteiger partial charge is 0.319 e. The number of amides is 2. The molecule has 1 aliphatic heterocycles. The first-order valence-electron chi connectivity index (χ1n) is 9.29. The topological polar surface area (TPSA) is 72.1 Å². The lowest BCUT2D eigenvalue weighted by atomic mass is 10.1. The van der Waals surface area contributed by atoms with Crippen molar-refractivity contribution >= 4 is 17.4 Å². The van der Waals surface area contributed by atoms with E-state index in [1.165, 1.54) is 5.69 Å². The normalized spacial score (nSPS) is 15.8. The standard InChI is InChI=1S/C21H27N3O4/c1-26-17-6-4-16(5-7-17)24-11-10-15(14-24)13-22-21(25)23-19-9-8-18(27-2)12-20(19)28-3/h4-9,12,15H,10-11,13-14H2,1-3H3,(H2,22,23,25)/t15-/m1/s1. The van der Waals surface area contributed by atoms with Crippen molar-refractivity contribution in [3.63, 3.8) is 0 Å². The van der Waals surface area contributed by atoms with Crippen molar-refractivity contribution in [2.24, 2.45) is 5.92 Å². The zero-order chi connectivity index (χ0) is 19.9. The maximum Gasteiger partial charge on any atom is 0.319 e. The molecule has 1 heterocycles. The van der Waals surface area contributed by atoms with Gasteiger partial charge in [0.15, 0.2) is 0 Å². The average molecular weight is 385 g/mol. The molecule has 2 N–H and O–H groups in total. The van der Waals surface area contributed by atoms with Crippen LogP contribution in [0.5, 0.6) is 17.2 Å². The fourth-order valence-electron chi connectivity index (χ4n) is 3.33. The maximum absolute atomic E-state index is 12.3. The van der Waals surface area contributed by atoms with Crippen molar-refractivity contribution in [3.05, 3.63) is 42.5 Å². The van der Waals surface area contributed by atoms with E-state index in [-0.39, 0.29) is 6.03 Å². The van der Waals surface area contributed by atoms with Crippen molar-refractivity contribution in [1.29, 1.82) is 0 Å². The first-order chi connectivity index (χ1) is 13.6. The van der Waals surface area contributed by atoms with Crippen LogP contribution in [0.15, 0.2) is 42.5 Å². The molecule has 3 rings (SSSR count). The molecule has 2 aromatic rings. The molecule has 1 saturated heterocycles. The van der Waals surface area contributed by atoms with Crippen molar-refractivity contribution < 1.29 is 19.0 Å². The second kappa shape index (κ2) is 9.21. The van der Waals surface area contributed by atoms with Gasteiger partial charge in [-0.1, -0.05) is 0 Å². The zero-order valence-electron chi connectivity index (χ0n) is 16.5. The van der Waals surface area contributed by atoms with Gasteiger partial charge in [0.1, 0.15) is 17.2 Å². The van der Waals surface area contributed by atoms with Crippen LogP contribution >= 0.6 is 0 Å². The Balaban J connectivity index is 1.48. The second-order valence-corrected chi connectivity index (χ2v) is 6.70. The van der Waals surface area contributed by atoms with Crippen LogP contribution in [-0.2, 0) is 0 Å². The molecule has 150 valence electrons. The number of urea groups is 1. The lowest BCUT2D eigenvalue weighted by Gasteiger charge is -2.19. The molecule has 0 bridgehead atoms. The number of methoxy groups -OCH3 is 3. The van der Waals surface area contributed by atoms with Crippen LogP contribution in [0.1, 0.15) is 6.42 Å². The molecular weight excluding hydrogens is 358 g/mol. The predicted octanol–water partition coefficient (Wildman–Crippen LogP) is 3.36. The quantitative estimate of drug-likeness (QED) is 0.765. The van der Waals surface area contributed by atoms with E-state index in [9.17, 15) is 4.79 Å². The molecule has 0 radical (unpaired) electrons. The Morgan fingerprint density at radius 2 is 1.75 bits per heavy atom. The minimum absolute atomic E-state index is 0.244. The van der Waals surface area contributed by atoms with Gasteiger partial charge in [-0.15, -0.1) is 0 Å². The lowest BCUT2D eigenvalue weighted by Crippen LogP contribution is -2.34. The first-order valence-corrected chi connectivity index (χ1v) is 9.29. The Morgan fingerprint density at radius 3 is 2.43 bits per heavy atom. The minimum atomic E-state index is -0.244. The summed E-state index contributed by atoms with van der Waals surface area (Å²) >= 11 is 0. The van der Waals surface area contributed by atoms with Crippen molar-refractivity contribution in [3.8, 4) is 17.2 Å². The van der Waals surface area contributed by atoms with Gasteiger partial charge in [-0.25, -0.2) is 4.79 Å². The number of hydrogen-bond acceptors (Lipinski definition) is 5. The van der Waals surface area contributed by atoms with E-state index in [0.29, 0.717) is 29.6 Å². The number of carbonyl (C=O) groups is 1. The third-order valence-electron chi connectivity index (χ3n) is 4.93. The fraction of sp³-hybridized carbons (Fsp3) is 0.381. The molecule has 28 heavy (non-hydrogen) atoms. The van der Waals surface area contributed by atoms with E-state index in [0.717, 1.165) is 25.3 Å². The summed E-state index contributed by atoms with van der Waals surface area (Å²) in [4.78, 5) is 14.6. The monoisotopic (exact) mass is 385 g/mol. The first kappa shape index (κ1) is 19.7. The Hall–Kier alpha value is -3.09. The Kier molecular flexibility index (Phi) is 6.47. The highest BCUT2D eigenvalue weighted by molar-refractivity contribution is 5.91. The van der Waals surface area contributed by atoms with Crippen LogP contribution in [0.4, 0.5) is 16.2 Å². The molecule has 0 spiro atoms. The summed E-state index contributed by atoms with van der Waals surface area (Å²) in [5, 5.41) is 5.79. The summed E-state index contributed by atoms with van der Waals surface area (Å²) in [6, 6.07) is 13.1. The van der Waals surface area contributed by atoms with Crippen LogP contribution in [0.3, 0.4) is 0 Å². The van der Waals surface area contributed by atoms with E-state index in [4.69, 9.17) is 14.2 Å². The van der Waals surface area contributed by atoms with E-state index in [2.05, 4.69) is 27.7 Å². The molecular formula is C21H27N3O4. The highest BCUT2D eigenvalue weighted by Crippen LogP contribution is 2.29. The molecule has 0 unspecified atom stereocenters. The van der Waals surface area contributed by atoms with Crippen LogP contribution < -0.4 is 29.7 Å². The van der Waals surface area contributed by atoms with Gasteiger partial charge in [-0.05, 0) is 48.7 Å². The number of nitrogens with zero attached hydrogens (tertiary/aromatic N) is 1. The highest BCUT2D eigenvalue weighted by atomic mass is 16.5. The van der Waals surface area contributed by atoms with Gasteiger partial charge >= 0.3 is 6.03 Å². The molecule has 7 nitrogen and oxygen atoms in total. The van der Waals surface area contributed by atoms with E-state index in [1.807, 2.05) is 12.1 Å². The van der Waals surface area contributed by atoms with E-state index < -0.39 is 0 Å². The zero-order valence-corrected chi connectivity index (χ0v) is 16.5. The molecule has 2 aromatic carbocycles. The molecule has 0 aliphatic carbocycles. The largest absolute Gasteiger partial charge is 0.497 e. The maximum atomic E-state index is 12.3. The number of carbonyl (C=O) groups excluding carboxylic acids is 1. The van der Waals surface area contributed by atoms with Gasteiger partial charge in [0.05, 0.1) is 27.0 Å². The summed E-state index contributed by atoms with van der Waals surface area (Å²) in [5.74, 6) is 2.49. The van der Waals surface area contributed by atoms with Gasteiger partial charge in [-0.2, -0.15) is 0 Å². The van der Waals surface area contributed by atoms with Crippen molar-refractivity contribution in [1.82, 2.24) is 5.32 Å². The predicted molar refractivity (Wildman–Crippen MR) is 110 cm³/mol. The van der Waals surface area contributed by atoms with Crippen LogP contribution in [0, 0.1) is 5.92 Å². The van der Waals surface area contributed by atoms with Gasteiger partial charge in [0.2, 0.25) is 0 Å². The fourth-order valence-corrected chi connectivity index (χ4v) is 3.33. The summed E-state index contributed by atoms with van der Waals surface area (Å²) < 4.78 is 15.7. The number of benzene rings is 2. The Morgan fingerprint density at radius 1 is 1.04 bits per heavy atom. The highest BCUT2D eigenvalue weighted by Gasteiger charge is 2.23. The van der Waals surface area contributed by atoms with Crippen LogP contribution in [-0.4, -0.2) is 47.0 Å². The summed E-state index contributed by atoms with van der Waals surface area (Å²) in [5.41, 5.74) is 1.78. The van der Waals surface area contributed by atoms with Gasteiger partial charge in [0.25, 0.3) is 0 Å². The Bertz CT molecular complexity index is 795. The lowest BCUT2D eigenvalue weighted by molar-refractivity contribution is 0.250. The summed E-state index contributed by atoms with van der Waals surface area (Å²) in [6.45, 7) is 2.52. The molecule has 1 atom stereocenters. The van der Waals surface area contributed by atoms with Gasteiger partial charge in [0, 0.05) is 31.4 Å². The third-order valence-corrected chi connectivity index (χ3v) is 4.93. The summed E-state index contributed by atoms with van der Waals surface area (Å²) in [6.07, 6.45) is 1.04. The molecule has 2 amide bonds. The Labute approximate surface area is 165 Å². The van der Waals surface area contributed by atoms with E-state index in [1.54, 1.807) is 39.5 Å². The molecule has 0 saturated carbocycles. The molecule has 1 fully saturated rings. The number of nitrogens with one attached hydrogen (secondary N) is 2. The SMILES string of the molecule is COc1ccc(N2CC[C@H](CNC(=O)Nc3ccc(OC)cc3OC)C2)cc1. The van der Waals surface area contributed by atoms with Crippen molar-refractivity contribution in [2.45, 2.75) is 6.42 Å². The van der Waals surface area contributed by atoms with Crippen LogP contribution in [0.25, 0.3) is 0 Å². The van der Waals surface area contributed by atoms with E-state index >= 15 is 0 Å². The number of hydrogen-bond donors (Lipinski definition) is 2. The van der Waals surface area contributed by atoms with Gasteiger partial charge in [-0.3, -0.25) is 0 Å². The third kappa shape index (κ3) is 4.79. The van der Waals surface area contributed by atoms with Gasteiger partial charge < -0.3 is 29.7 Å². The number of anilines is 2. The minimum Gasteiger partial charge on any atom is -0.497 e. The molecule has 1 aliphatic rings. The van der Waals surface area contributed by atoms with Crippen LogP contribution in [0.2, 0.25) is 0 Å². The molecule has 7 heteroatoms. The second-order valence-electron chi connectivity index (χ2n) is 6.70. The number of rotatable bonds is 7. The number of ether oxygens (including phenoxy) is 3.